The van der Waals surface area contributed by atoms with E-state index in [0.717, 1.165) is 52.0 Å². The van der Waals surface area contributed by atoms with Crippen LogP contribution in [0, 0.1) is 5.92 Å². The van der Waals surface area contributed by atoms with Gasteiger partial charge in [-0.3, -0.25) is 19.5 Å². The van der Waals surface area contributed by atoms with Crippen LogP contribution in [0.5, 0.6) is 0 Å². The summed E-state index contributed by atoms with van der Waals surface area (Å²) >= 11 is 0. The molecule has 5 heterocycles. The molecule has 0 aliphatic carbocycles. The molecule has 0 saturated carbocycles. The van der Waals surface area contributed by atoms with Gasteiger partial charge in [-0.15, -0.1) is 0 Å². The van der Waals surface area contributed by atoms with E-state index in [4.69, 9.17) is 4.74 Å². The third-order valence-corrected chi connectivity index (χ3v) is 6.05. The molecule has 8 nitrogen and oxygen atoms in total. The van der Waals surface area contributed by atoms with Gasteiger partial charge in [0.05, 0.1) is 0 Å². The van der Waals surface area contributed by atoms with Crippen LogP contribution in [0.3, 0.4) is 0 Å². The molecule has 0 radical (unpaired) electrons. The van der Waals surface area contributed by atoms with Crippen LogP contribution in [0.25, 0.3) is 0 Å². The van der Waals surface area contributed by atoms with E-state index >= 15 is 0 Å². The number of nitrogens with one attached hydrogen (secondary N) is 1. The first-order valence-corrected chi connectivity index (χ1v) is 9.45. The highest BCUT2D eigenvalue weighted by Crippen LogP contribution is 2.31. The second kappa shape index (κ2) is 7.00. The summed E-state index contributed by atoms with van der Waals surface area (Å²) in [5.41, 5.74) is -1.05. The van der Waals surface area contributed by atoms with Gasteiger partial charge >= 0.3 is 5.69 Å². The summed E-state index contributed by atoms with van der Waals surface area (Å²) in [6.07, 6.45) is 5.55. The summed E-state index contributed by atoms with van der Waals surface area (Å²) in [7, 11) is 1.54. The van der Waals surface area contributed by atoms with Gasteiger partial charge in [-0.2, -0.15) is 0 Å². The summed E-state index contributed by atoms with van der Waals surface area (Å²) in [6, 6.07) is 0.656. The van der Waals surface area contributed by atoms with Crippen molar-refractivity contribution in [1.29, 1.82) is 0 Å². The molecule has 0 aromatic carbocycles. The molecule has 4 aliphatic heterocycles. The number of aromatic nitrogens is 2. The van der Waals surface area contributed by atoms with Gasteiger partial charge in [0.1, 0.15) is 5.56 Å². The Labute approximate surface area is 151 Å². The molecule has 1 N–H and O–H groups in total. The van der Waals surface area contributed by atoms with E-state index in [0.29, 0.717) is 18.5 Å². The van der Waals surface area contributed by atoms with E-state index < -0.39 is 11.2 Å². The summed E-state index contributed by atoms with van der Waals surface area (Å²) < 4.78 is 6.73. The minimum Gasteiger partial charge on any atom is -0.381 e. The molecule has 1 aromatic heterocycles. The standard InChI is InChI=1S/C18H26N4O4/c1-20-11-15(16(23)19-18(20)25)17(24)22-9-12-2-3-14(22)10-21(8-12)13-4-6-26-7-5-13/h11-14H,2-10H2,1H3,(H,19,23,25)/t12-,14+/m0/s1. The number of carbonyl (C=O) groups is 1. The molecule has 4 saturated heterocycles. The zero-order valence-corrected chi connectivity index (χ0v) is 15.1. The Kier molecular flexibility index (Phi) is 4.71. The quantitative estimate of drug-likeness (QED) is 0.787. The lowest BCUT2D eigenvalue weighted by atomic mass is 9.94. The van der Waals surface area contributed by atoms with E-state index in [1.54, 1.807) is 0 Å². The first kappa shape index (κ1) is 17.5. The van der Waals surface area contributed by atoms with Crippen LogP contribution in [0.4, 0.5) is 0 Å². The highest BCUT2D eigenvalue weighted by atomic mass is 16.5. The maximum atomic E-state index is 13.1. The van der Waals surface area contributed by atoms with Gasteiger partial charge in [-0.1, -0.05) is 0 Å². The Hall–Kier alpha value is -1.93. The van der Waals surface area contributed by atoms with Gasteiger partial charge in [0.15, 0.2) is 0 Å². The molecule has 0 unspecified atom stereocenters. The molecule has 2 atom stereocenters. The average Bonchev–Trinajstić information content (AvgIpc) is 2.97. The number of aromatic amines is 1. The van der Waals surface area contributed by atoms with Crippen LogP contribution in [-0.2, 0) is 11.8 Å². The lowest BCUT2D eigenvalue weighted by Gasteiger charge is -2.37. The minimum atomic E-state index is -0.598. The Bertz CT molecular complexity index is 795. The topological polar surface area (TPSA) is 87.6 Å². The van der Waals surface area contributed by atoms with Crippen molar-refractivity contribution in [2.24, 2.45) is 13.0 Å². The molecular formula is C18H26N4O4. The molecule has 2 bridgehead atoms. The average molecular weight is 362 g/mol. The molecule has 26 heavy (non-hydrogen) atoms. The van der Waals surface area contributed by atoms with E-state index in [1.165, 1.54) is 17.8 Å². The highest BCUT2D eigenvalue weighted by molar-refractivity contribution is 5.93. The van der Waals surface area contributed by atoms with Crippen LogP contribution < -0.4 is 11.2 Å². The minimum absolute atomic E-state index is 0.0530. The number of fused-ring (bicyclic) bond motifs is 4. The van der Waals surface area contributed by atoms with E-state index in [-0.39, 0.29) is 17.5 Å². The highest BCUT2D eigenvalue weighted by Gasteiger charge is 2.40. The zero-order chi connectivity index (χ0) is 18.3. The summed E-state index contributed by atoms with van der Waals surface area (Å²) in [6.45, 7) is 4.18. The van der Waals surface area contributed by atoms with Gasteiger partial charge in [0, 0.05) is 58.2 Å². The van der Waals surface area contributed by atoms with E-state index in [2.05, 4.69) is 9.88 Å². The number of nitrogens with zero attached hydrogens (tertiary/aromatic N) is 3. The fourth-order valence-electron chi connectivity index (χ4n) is 4.59. The lowest BCUT2D eigenvalue weighted by Crippen LogP contribution is -2.50. The smallest absolute Gasteiger partial charge is 0.328 e. The Morgan fingerprint density at radius 1 is 1.08 bits per heavy atom. The normalized spacial score (nSPS) is 27.5. The molecule has 8 heteroatoms. The van der Waals surface area contributed by atoms with Gasteiger partial charge < -0.3 is 14.2 Å². The number of aryl methyl sites for hydroxylation is 1. The van der Waals surface area contributed by atoms with Gasteiger partial charge in [-0.05, 0) is 31.6 Å². The molecule has 4 fully saturated rings. The molecule has 0 spiro atoms. The lowest BCUT2D eigenvalue weighted by molar-refractivity contribution is 0.0304. The fourth-order valence-corrected chi connectivity index (χ4v) is 4.59. The van der Waals surface area contributed by atoms with Crippen LogP contribution in [-0.4, -0.2) is 70.2 Å². The van der Waals surface area contributed by atoms with Crippen LogP contribution >= 0.6 is 0 Å². The van der Waals surface area contributed by atoms with Crippen molar-refractivity contribution >= 4 is 5.91 Å². The maximum absolute atomic E-state index is 13.1. The molecule has 1 amide bonds. The first-order chi connectivity index (χ1) is 12.5. The number of hydrogen-bond acceptors (Lipinski definition) is 5. The molecular weight excluding hydrogens is 336 g/mol. The summed E-state index contributed by atoms with van der Waals surface area (Å²) in [5.74, 6) is 0.178. The van der Waals surface area contributed by atoms with Crippen molar-refractivity contribution in [3.8, 4) is 0 Å². The second-order valence-corrected chi connectivity index (χ2v) is 7.77. The van der Waals surface area contributed by atoms with Gasteiger partial charge in [-0.25, -0.2) is 4.79 Å². The number of hydrogen-bond donors (Lipinski definition) is 1. The molecule has 142 valence electrons. The number of ether oxygens (including phenoxy) is 1. The number of amides is 1. The molecule has 4 aliphatic rings. The predicted molar refractivity (Wildman–Crippen MR) is 95.3 cm³/mol. The third-order valence-electron chi connectivity index (χ3n) is 6.05. The molecule has 1 aromatic rings. The Morgan fingerprint density at radius 3 is 2.62 bits per heavy atom. The predicted octanol–water partition coefficient (Wildman–Crippen LogP) is -0.211. The third kappa shape index (κ3) is 3.23. The van der Waals surface area contributed by atoms with E-state index in [9.17, 15) is 14.4 Å². The molecule has 5 rings (SSSR count). The number of piperidine rings is 1. The number of H-pyrrole nitrogens is 1. The first-order valence-electron chi connectivity index (χ1n) is 9.45. The van der Waals surface area contributed by atoms with E-state index in [1.807, 2.05) is 4.90 Å². The van der Waals surface area contributed by atoms with Crippen molar-refractivity contribution in [1.82, 2.24) is 19.4 Å². The van der Waals surface area contributed by atoms with Gasteiger partial charge in [0.2, 0.25) is 0 Å². The van der Waals surface area contributed by atoms with Crippen molar-refractivity contribution in [2.45, 2.75) is 37.8 Å². The SMILES string of the molecule is Cn1cc(C(=O)N2C[C@H]3CC[C@@H]2CN(C2CCOCC2)C3)c(=O)[nH]c1=O. The largest absolute Gasteiger partial charge is 0.381 e. The number of rotatable bonds is 2. The van der Waals surface area contributed by atoms with Crippen LogP contribution in [0.2, 0.25) is 0 Å². The fraction of sp³-hybridized carbons (Fsp3) is 0.722. The Balaban J connectivity index is 1.56. The Morgan fingerprint density at radius 2 is 1.85 bits per heavy atom. The van der Waals surface area contributed by atoms with Crippen molar-refractivity contribution < 1.29 is 9.53 Å². The summed E-state index contributed by atoms with van der Waals surface area (Å²) in [4.78, 5) is 43.4. The summed E-state index contributed by atoms with van der Waals surface area (Å²) in [5, 5.41) is 0. The monoisotopic (exact) mass is 362 g/mol. The number of carbonyl (C=O) groups excluding carboxylic acids is 1. The second-order valence-electron chi connectivity index (χ2n) is 7.77. The van der Waals surface area contributed by atoms with Crippen molar-refractivity contribution in [3.63, 3.8) is 0 Å². The van der Waals surface area contributed by atoms with Gasteiger partial charge in [0.25, 0.3) is 11.5 Å². The van der Waals surface area contributed by atoms with Crippen LogP contribution in [0.1, 0.15) is 36.0 Å². The maximum Gasteiger partial charge on any atom is 0.328 e. The van der Waals surface area contributed by atoms with Crippen molar-refractivity contribution in [3.05, 3.63) is 32.6 Å². The zero-order valence-electron chi connectivity index (χ0n) is 15.1. The van der Waals surface area contributed by atoms with Crippen LogP contribution in [0.15, 0.2) is 15.8 Å². The van der Waals surface area contributed by atoms with Crippen molar-refractivity contribution in [2.75, 3.05) is 32.8 Å².